The van der Waals surface area contributed by atoms with Gasteiger partial charge in [0.25, 0.3) is 0 Å². The maximum atomic E-state index is 10.9. The largest absolute Gasteiger partial charge is 0.294 e. The van der Waals surface area contributed by atoms with Crippen molar-refractivity contribution in [2.75, 3.05) is 13.1 Å². The maximum Gasteiger partial charge on any atom is 0.235 e. The molecular weight excluding hydrogens is 182 g/mol. The third kappa shape index (κ3) is 4.41. The first-order valence-corrected chi connectivity index (χ1v) is 4.13. The molecular formula is C8H13N5O. The van der Waals surface area contributed by atoms with E-state index in [1.54, 1.807) is 11.8 Å². The summed E-state index contributed by atoms with van der Waals surface area (Å²) in [5, 5.41) is 17.0. The van der Waals surface area contributed by atoms with E-state index in [1.807, 2.05) is 17.6 Å². The SMILES string of the molecule is CC(CC(=O)NN)N(CC#N)CC#N. The van der Waals surface area contributed by atoms with E-state index in [-0.39, 0.29) is 31.5 Å². The molecule has 1 amide bonds. The average Bonchev–Trinajstić information content (AvgIpc) is 2.17. The molecule has 6 heteroatoms. The van der Waals surface area contributed by atoms with Crippen molar-refractivity contribution in [2.45, 2.75) is 19.4 Å². The number of hydrogen-bond acceptors (Lipinski definition) is 5. The van der Waals surface area contributed by atoms with Gasteiger partial charge in [-0.3, -0.25) is 15.1 Å². The summed E-state index contributed by atoms with van der Waals surface area (Å²) in [5.41, 5.74) is 2.00. The Balaban J connectivity index is 4.16. The van der Waals surface area contributed by atoms with E-state index in [0.717, 1.165) is 0 Å². The van der Waals surface area contributed by atoms with Crippen LogP contribution in [0.5, 0.6) is 0 Å². The lowest BCUT2D eigenvalue weighted by molar-refractivity contribution is -0.122. The number of carbonyl (C=O) groups excluding carboxylic acids is 1. The van der Waals surface area contributed by atoms with E-state index in [1.165, 1.54) is 0 Å². The lowest BCUT2D eigenvalue weighted by atomic mass is 10.2. The minimum absolute atomic E-state index is 0.132. The van der Waals surface area contributed by atoms with Crippen LogP contribution in [0.2, 0.25) is 0 Å². The van der Waals surface area contributed by atoms with Gasteiger partial charge in [-0.05, 0) is 6.92 Å². The Labute approximate surface area is 82.9 Å². The van der Waals surface area contributed by atoms with Gasteiger partial charge in [0.2, 0.25) is 5.91 Å². The molecule has 0 aromatic rings. The first-order chi connectivity index (χ1) is 6.65. The van der Waals surface area contributed by atoms with Crippen molar-refractivity contribution in [1.29, 1.82) is 10.5 Å². The smallest absolute Gasteiger partial charge is 0.235 e. The van der Waals surface area contributed by atoms with Gasteiger partial charge in [-0.1, -0.05) is 0 Å². The standard InChI is InChI=1S/C8H13N5O/c1-7(6-8(14)12-11)13(4-2-9)5-3-10/h7H,4-6,11H2,1H3,(H,12,14). The lowest BCUT2D eigenvalue weighted by Crippen LogP contribution is -2.40. The third-order valence-corrected chi connectivity index (χ3v) is 1.81. The van der Waals surface area contributed by atoms with Crippen LogP contribution in [0.1, 0.15) is 13.3 Å². The molecule has 1 unspecified atom stereocenters. The fourth-order valence-electron chi connectivity index (χ4n) is 1.01. The number of hydrogen-bond donors (Lipinski definition) is 2. The molecule has 1 atom stereocenters. The van der Waals surface area contributed by atoms with E-state index in [4.69, 9.17) is 16.4 Å². The molecule has 0 aliphatic carbocycles. The van der Waals surface area contributed by atoms with Crippen molar-refractivity contribution < 1.29 is 4.79 Å². The highest BCUT2D eigenvalue weighted by Gasteiger charge is 2.15. The highest BCUT2D eigenvalue weighted by molar-refractivity contribution is 5.75. The number of nitrogens with one attached hydrogen (secondary N) is 1. The molecule has 3 N–H and O–H groups in total. The Morgan fingerprint density at radius 2 is 2.00 bits per heavy atom. The Morgan fingerprint density at radius 3 is 2.36 bits per heavy atom. The van der Waals surface area contributed by atoms with Gasteiger partial charge >= 0.3 is 0 Å². The van der Waals surface area contributed by atoms with E-state index >= 15 is 0 Å². The summed E-state index contributed by atoms with van der Waals surface area (Å²) < 4.78 is 0. The van der Waals surface area contributed by atoms with Gasteiger partial charge in [0, 0.05) is 12.5 Å². The summed E-state index contributed by atoms with van der Waals surface area (Å²) >= 11 is 0. The zero-order chi connectivity index (χ0) is 11.0. The highest BCUT2D eigenvalue weighted by Crippen LogP contribution is 2.02. The van der Waals surface area contributed by atoms with Crippen LogP contribution in [-0.2, 0) is 4.79 Å². The molecule has 14 heavy (non-hydrogen) atoms. The second-order valence-corrected chi connectivity index (χ2v) is 2.84. The van der Waals surface area contributed by atoms with Gasteiger partial charge in [0.1, 0.15) is 0 Å². The Hall–Kier alpha value is -1.63. The van der Waals surface area contributed by atoms with Crippen molar-refractivity contribution in [3.05, 3.63) is 0 Å². The number of carbonyl (C=O) groups is 1. The zero-order valence-electron chi connectivity index (χ0n) is 8.03. The van der Waals surface area contributed by atoms with E-state index in [2.05, 4.69) is 0 Å². The minimum Gasteiger partial charge on any atom is -0.294 e. The molecule has 0 saturated carbocycles. The van der Waals surface area contributed by atoms with E-state index in [9.17, 15) is 4.79 Å². The average molecular weight is 195 g/mol. The van der Waals surface area contributed by atoms with Crippen LogP contribution in [-0.4, -0.2) is 29.9 Å². The van der Waals surface area contributed by atoms with Crippen LogP contribution in [0, 0.1) is 22.7 Å². The van der Waals surface area contributed by atoms with Gasteiger partial charge in [-0.25, -0.2) is 5.84 Å². The van der Waals surface area contributed by atoms with E-state index < -0.39 is 0 Å². The van der Waals surface area contributed by atoms with Crippen molar-refractivity contribution in [3.8, 4) is 12.1 Å². The predicted molar refractivity (Wildman–Crippen MR) is 49.2 cm³/mol. The molecule has 76 valence electrons. The third-order valence-electron chi connectivity index (χ3n) is 1.81. The number of amides is 1. The molecule has 0 aromatic carbocycles. The first-order valence-electron chi connectivity index (χ1n) is 4.13. The lowest BCUT2D eigenvalue weighted by Gasteiger charge is -2.22. The van der Waals surface area contributed by atoms with Crippen LogP contribution < -0.4 is 11.3 Å². The summed E-state index contributed by atoms with van der Waals surface area (Å²) in [6.45, 7) is 2.03. The molecule has 0 bridgehead atoms. The van der Waals surface area contributed by atoms with Crippen LogP contribution in [0.25, 0.3) is 0 Å². The number of rotatable bonds is 5. The number of hydrazine groups is 1. The monoisotopic (exact) mass is 195 g/mol. The maximum absolute atomic E-state index is 10.9. The van der Waals surface area contributed by atoms with Gasteiger partial charge < -0.3 is 0 Å². The molecule has 0 aliphatic heterocycles. The molecule has 0 aliphatic rings. The van der Waals surface area contributed by atoms with Crippen molar-refractivity contribution in [2.24, 2.45) is 5.84 Å². The number of nitriles is 2. The van der Waals surface area contributed by atoms with Crippen LogP contribution >= 0.6 is 0 Å². The first kappa shape index (κ1) is 12.4. The Bertz CT molecular complexity index is 248. The zero-order valence-corrected chi connectivity index (χ0v) is 8.03. The van der Waals surface area contributed by atoms with Gasteiger partial charge in [0.05, 0.1) is 25.2 Å². The van der Waals surface area contributed by atoms with Crippen molar-refractivity contribution >= 4 is 5.91 Å². The fourth-order valence-corrected chi connectivity index (χ4v) is 1.01. The van der Waals surface area contributed by atoms with Crippen LogP contribution in [0.3, 0.4) is 0 Å². The summed E-state index contributed by atoms with van der Waals surface area (Å²) in [4.78, 5) is 12.5. The number of nitrogens with zero attached hydrogens (tertiary/aromatic N) is 3. The van der Waals surface area contributed by atoms with Crippen LogP contribution in [0.15, 0.2) is 0 Å². The second kappa shape index (κ2) is 6.84. The quantitative estimate of drug-likeness (QED) is 0.256. The molecule has 0 radical (unpaired) electrons. The molecule has 0 heterocycles. The van der Waals surface area contributed by atoms with Crippen molar-refractivity contribution in [1.82, 2.24) is 10.3 Å². The van der Waals surface area contributed by atoms with E-state index in [0.29, 0.717) is 0 Å². The molecule has 0 saturated heterocycles. The topological polar surface area (TPSA) is 106 Å². The Morgan fingerprint density at radius 1 is 1.50 bits per heavy atom. The molecule has 0 rings (SSSR count). The molecule has 0 spiro atoms. The summed E-state index contributed by atoms with van der Waals surface area (Å²) in [7, 11) is 0. The van der Waals surface area contributed by atoms with Crippen LogP contribution in [0.4, 0.5) is 0 Å². The summed E-state index contributed by atoms with van der Waals surface area (Å²) in [5.74, 6) is 4.61. The van der Waals surface area contributed by atoms with Gasteiger partial charge in [-0.2, -0.15) is 10.5 Å². The molecule has 0 aromatic heterocycles. The summed E-state index contributed by atoms with van der Waals surface area (Å²) in [6, 6.07) is 3.70. The fraction of sp³-hybridized carbons (Fsp3) is 0.625. The molecule has 0 fully saturated rings. The second-order valence-electron chi connectivity index (χ2n) is 2.84. The van der Waals surface area contributed by atoms with Gasteiger partial charge in [-0.15, -0.1) is 0 Å². The summed E-state index contributed by atoms with van der Waals surface area (Å²) in [6.07, 6.45) is 0.180. The normalized spacial score (nSPS) is 11.5. The highest BCUT2D eigenvalue weighted by atomic mass is 16.2. The number of nitrogens with two attached hydrogens (primary N) is 1. The van der Waals surface area contributed by atoms with Gasteiger partial charge in [0.15, 0.2) is 0 Å². The van der Waals surface area contributed by atoms with Crippen molar-refractivity contribution in [3.63, 3.8) is 0 Å². The minimum atomic E-state index is -0.307. The Kier molecular flexibility index (Phi) is 6.04. The molecule has 6 nitrogen and oxygen atoms in total. The predicted octanol–water partition coefficient (Wildman–Crippen LogP) is -0.896.